The number of carbonyl (C=O) groups is 1. The molecule has 0 aliphatic carbocycles. The van der Waals surface area contributed by atoms with Crippen LogP contribution in [0.5, 0.6) is 0 Å². The maximum Gasteiger partial charge on any atom is 0.246 e. The average Bonchev–Trinajstić information content (AvgIpc) is 2.64. The first kappa shape index (κ1) is 19.0. The number of piperidine rings is 1. The van der Waals surface area contributed by atoms with Gasteiger partial charge in [0.25, 0.3) is 0 Å². The second-order valence-corrected chi connectivity index (χ2v) is 8.52. The lowest BCUT2D eigenvalue weighted by Gasteiger charge is -2.30. The van der Waals surface area contributed by atoms with Gasteiger partial charge in [-0.05, 0) is 37.1 Å². The van der Waals surface area contributed by atoms with Crippen LogP contribution in [-0.2, 0) is 14.8 Å². The minimum absolute atomic E-state index is 0.0186. The van der Waals surface area contributed by atoms with E-state index in [0.717, 1.165) is 0 Å². The lowest BCUT2D eigenvalue weighted by molar-refractivity contribution is -0.120. The predicted molar refractivity (Wildman–Crippen MR) is 98.6 cm³/mol. The number of carbonyl (C=O) groups excluding carboxylic acids is 1. The van der Waals surface area contributed by atoms with Gasteiger partial charge < -0.3 is 5.32 Å². The molecule has 26 heavy (non-hydrogen) atoms. The Morgan fingerprint density at radius 3 is 2.50 bits per heavy atom. The fourth-order valence-electron chi connectivity index (χ4n) is 2.74. The second kappa shape index (κ2) is 7.87. The third kappa shape index (κ3) is 4.15. The number of pyridine rings is 2. The van der Waals surface area contributed by atoms with Crippen molar-refractivity contribution in [3.8, 4) is 0 Å². The van der Waals surface area contributed by atoms with Crippen molar-refractivity contribution in [3.63, 3.8) is 0 Å². The maximum absolute atomic E-state index is 12.7. The largest absolute Gasteiger partial charge is 0.310 e. The van der Waals surface area contributed by atoms with Crippen LogP contribution in [0.2, 0.25) is 10.2 Å². The van der Waals surface area contributed by atoms with Crippen molar-refractivity contribution in [2.75, 3.05) is 18.4 Å². The standard InChI is InChI=1S/C16H16Cl2N4O3S/c17-12-3-4-14(20-10-12)21-16(23)11-5-8-22(9-6-11)26(24,25)13-2-1-7-19-15(13)18/h1-4,7,10-11H,5-6,8-9H2,(H,20,21,23). The molecule has 1 saturated heterocycles. The Hall–Kier alpha value is -1.74. The number of anilines is 1. The lowest BCUT2D eigenvalue weighted by Crippen LogP contribution is -2.41. The fraction of sp³-hybridized carbons (Fsp3) is 0.312. The van der Waals surface area contributed by atoms with Gasteiger partial charge in [0.2, 0.25) is 15.9 Å². The summed E-state index contributed by atoms with van der Waals surface area (Å²) in [4.78, 5) is 20.2. The molecule has 10 heteroatoms. The van der Waals surface area contributed by atoms with Gasteiger partial charge in [0, 0.05) is 31.4 Å². The first-order valence-corrected chi connectivity index (χ1v) is 10.1. The normalized spacial score (nSPS) is 16.4. The summed E-state index contributed by atoms with van der Waals surface area (Å²) < 4.78 is 26.7. The molecule has 0 unspecified atom stereocenters. The van der Waals surface area contributed by atoms with Crippen LogP contribution in [0.4, 0.5) is 5.82 Å². The molecule has 0 atom stereocenters. The number of hydrogen-bond donors (Lipinski definition) is 1. The molecule has 0 bridgehead atoms. The van der Waals surface area contributed by atoms with Gasteiger partial charge in [0.15, 0.2) is 0 Å². The third-order valence-corrected chi connectivity index (χ3v) is 6.71. The van der Waals surface area contributed by atoms with Crippen molar-refractivity contribution in [1.29, 1.82) is 0 Å². The second-order valence-electron chi connectivity index (χ2n) is 5.82. The van der Waals surface area contributed by atoms with Crippen molar-refractivity contribution in [2.45, 2.75) is 17.7 Å². The van der Waals surface area contributed by atoms with E-state index in [1.165, 1.54) is 28.8 Å². The van der Waals surface area contributed by atoms with Crippen LogP contribution in [0.1, 0.15) is 12.8 Å². The highest BCUT2D eigenvalue weighted by molar-refractivity contribution is 7.89. The molecule has 0 saturated carbocycles. The summed E-state index contributed by atoms with van der Waals surface area (Å²) in [7, 11) is -3.73. The molecular weight excluding hydrogens is 399 g/mol. The number of nitrogens with zero attached hydrogens (tertiary/aromatic N) is 3. The minimum atomic E-state index is -3.73. The summed E-state index contributed by atoms with van der Waals surface area (Å²) >= 11 is 11.7. The van der Waals surface area contributed by atoms with Gasteiger partial charge in [0.1, 0.15) is 15.9 Å². The van der Waals surface area contributed by atoms with E-state index in [2.05, 4.69) is 15.3 Å². The Morgan fingerprint density at radius 2 is 1.88 bits per heavy atom. The number of nitrogens with one attached hydrogen (secondary N) is 1. The summed E-state index contributed by atoms with van der Waals surface area (Å²) in [5, 5.41) is 3.15. The molecule has 1 N–H and O–H groups in total. The van der Waals surface area contributed by atoms with Crippen molar-refractivity contribution < 1.29 is 13.2 Å². The van der Waals surface area contributed by atoms with Gasteiger partial charge in [-0.2, -0.15) is 4.31 Å². The highest BCUT2D eigenvalue weighted by atomic mass is 35.5. The summed E-state index contributed by atoms with van der Waals surface area (Å²) in [5.41, 5.74) is 0. The fourth-order valence-corrected chi connectivity index (χ4v) is 4.75. The first-order valence-electron chi connectivity index (χ1n) is 7.91. The van der Waals surface area contributed by atoms with Crippen molar-refractivity contribution in [2.24, 2.45) is 5.92 Å². The van der Waals surface area contributed by atoms with E-state index in [0.29, 0.717) is 23.7 Å². The number of amides is 1. The third-order valence-electron chi connectivity index (χ3n) is 4.15. The molecule has 7 nitrogen and oxygen atoms in total. The molecule has 0 radical (unpaired) electrons. The van der Waals surface area contributed by atoms with Crippen LogP contribution >= 0.6 is 23.2 Å². The zero-order valence-corrected chi connectivity index (χ0v) is 15.9. The van der Waals surface area contributed by atoms with Gasteiger partial charge in [0.05, 0.1) is 5.02 Å². The molecule has 1 aliphatic rings. The molecule has 2 aromatic heterocycles. The monoisotopic (exact) mass is 414 g/mol. The van der Waals surface area contributed by atoms with E-state index in [1.807, 2.05) is 0 Å². The van der Waals surface area contributed by atoms with Gasteiger partial charge in [-0.15, -0.1) is 0 Å². The Morgan fingerprint density at radius 1 is 1.15 bits per heavy atom. The van der Waals surface area contributed by atoms with Crippen molar-refractivity contribution in [1.82, 2.24) is 14.3 Å². The SMILES string of the molecule is O=C(Nc1ccc(Cl)cn1)C1CCN(S(=O)(=O)c2cccnc2Cl)CC1. The topological polar surface area (TPSA) is 92.3 Å². The molecule has 1 fully saturated rings. The average molecular weight is 415 g/mol. The van der Waals surface area contributed by atoms with Crippen LogP contribution in [-0.4, -0.2) is 41.7 Å². The van der Waals surface area contributed by atoms with Gasteiger partial charge in [-0.1, -0.05) is 23.2 Å². The molecule has 1 amide bonds. The number of halogens is 2. The number of aromatic nitrogens is 2. The van der Waals surface area contributed by atoms with Crippen LogP contribution in [0, 0.1) is 5.92 Å². The Kier molecular flexibility index (Phi) is 5.76. The molecular formula is C16H16Cl2N4O3S. The van der Waals surface area contributed by atoms with Gasteiger partial charge in [-0.3, -0.25) is 4.79 Å². The van der Waals surface area contributed by atoms with Crippen molar-refractivity contribution >= 4 is 45.0 Å². The summed E-state index contributed by atoms with van der Waals surface area (Å²) in [6.45, 7) is 0.472. The van der Waals surface area contributed by atoms with Crippen molar-refractivity contribution in [3.05, 3.63) is 46.8 Å². The summed E-state index contributed by atoms with van der Waals surface area (Å²) in [5.74, 6) is -0.0591. The predicted octanol–water partition coefficient (Wildman–Crippen LogP) is 2.82. The van der Waals surface area contributed by atoms with Gasteiger partial charge >= 0.3 is 0 Å². The number of rotatable bonds is 4. The Labute approximate surface area is 161 Å². The van der Waals surface area contributed by atoms with E-state index < -0.39 is 10.0 Å². The molecule has 138 valence electrons. The zero-order valence-electron chi connectivity index (χ0n) is 13.6. The molecule has 0 aromatic carbocycles. The Balaban J connectivity index is 1.62. The van der Waals surface area contributed by atoms with Crippen LogP contribution in [0.15, 0.2) is 41.6 Å². The Bertz CT molecular complexity index is 898. The zero-order chi connectivity index (χ0) is 18.7. The van der Waals surface area contributed by atoms with E-state index in [9.17, 15) is 13.2 Å². The lowest BCUT2D eigenvalue weighted by atomic mass is 9.97. The number of sulfonamides is 1. The molecule has 1 aliphatic heterocycles. The summed E-state index contributed by atoms with van der Waals surface area (Å²) in [6, 6.07) is 6.20. The van der Waals surface area contributed by atoms with Gasteiger partial charge in [-0.25, -0.2) is 18.4 Å². The summed E-state index contributed by atoms with van der Waals surface area (Å²) in [6.07, 6.45) is 3.71. The van der Waals surface area contributed by atoms with E-state index in [1.54, 1.807) is 12.1 Å². The highest BCUT2D eigenvalue weighted by Gasteiger charge is 2.33. The van der Waals surface area contributed by atoms with E-state index in [4.69, 9.17) is 23.2 Å². The maximum atomic E-state index is 12.7. The first-order chi connectivity index (χ1) is 12.4. The smallest absolute Gasteiger partial charge is 0.246 e. The molecule has 3 heterocycles. The van der Waals surface area contributed by atoms with Crippen LogP contribution in [0.3, 0.4) is 0 Å². The molecule has 0 spiro atoms. The number of hydrogen-bond acceptors (Lipinski definition) is 5. The van der Waals surface area contributed by atoms with Crippen LogP contribution in [0.25, 0.3) is 0 Å². The van der Waals surface area contributed by atoms with E-state index in [-0.39, 0.29) is 35.0 Å². The van der Waals surface area contributed by atoms with E-state index >= 15 is 0 Å². The molecule has 2 aromatic rings. The minimum Gasteiger partial charge on any atom is -0.310 e. The highest BCUT2D eigenvalue weighted by Crippen LogP contribution is 2.27. The molecule has 3 rings (SSSR count). The quantitative estimate of drug-likeness (QED) is 0.776. The van der Waals surface area contributed by atoms with Crippen LogP contribution < -0.4 is 5.32 Å².